The molecule has 4 heteroatoms. The lowest BCUT2D eigenvalue weighted by atomic mass is 10.1. The molecule has 1 heterocycles. The third kappa shape index (κ3) is 1.42. The van der Waals surface area contributed by atoms with Gasteiger partial charge in [-0.1, -0.05) is 24.3 Å². The number of aromatic nitrogens is 4. The van der Waals surface area contributed by atoms with Crippen molar-refractivity contribution in [3.63, 3.8) is 0 Å². The molecule has 0 aliphatic carbocycles. The summed E-state index contributed by atoms with van der Waals surface area (Å²) in [6, 6.07) is 7.93. The van der Waals surface area contributed by atoms with Gasteiger partial charge < -0.3 is 0 Å². The average molecular weight is 173 g/mol. The van der Waals surface area contributed by atoms with Crippen LogP contribution in [-0.2, 0) is 6.42 Å². The summed E-state index contributed by atoms with van der Waals surface area (Å²) in [5.41, 5.74) is 2.16. The molecule has 2 rings (SSSR count). The highest BCUT2D eigenvalue weighted by Crippen LogP contribution is 2.18. The van der Waals surface area contributed by atoms with Gasteiger partial charge in [0.05, 0.1) is 0 Å². The van der Waals surface area contributed by atoms with Crippen molar-refractivity contribution in [2.24, 2.45) is 0 Å². The summed E-state index contributed by atoms with van der Waals surface area (Å²) >= 11 is 0. The van der Waals surface area contributed by atoms with E-state index in [2.05, 4.69) is 27.5 Å². The maximum atomic E-state index is 3.85. The van der Waals surface area contributed by atoms with E-state index in [4.69, 9.17) is 0 Å². The summed E-state index contributed by atoms with van der Waals surface area (Å²) in [5.74, 6) is 0.694. The summed E-state index contributed by atoms with van der Waals surface area (Å²) in [4.78, 5) is 0. The van der Waals surface area contributed by atoms with E-state index >= 15 is 0 Å². The fraction of sp³-hybridized carbons (Fsp3) is 0.111. The molecule has 13 heavy (non-hydrogen) atoms. The first kappa shape index (κ1) is 7.91. The molecule has 0 saturated carbocycles. The number of aromatic amines is 1. The van der Waals surface area contributed by atoms with Crippen molar-refractivity contribution in [2.75, 3.05) is 0 Å². The third-order valence-electron chi connectivity index (χ3n) is 1.89. The van der Waals surface area contributed by atoms with Crippen LogP contribution in [0.2, 0.25) is 0 Å². The second kappa shape index (κ2) is 3.35. The van der Waals surface area contributed by atoms with Crippen LogP contribution in [0.25, 0.3) is 11.4 Å². The molecule has 0 aliphatic rings. The minimum atomic E-state index is 0.694. The first-order chi connectivity index (χ1) is 6.42. The number of nitrogens with one attached hydrogen (secondary N) is 1. The SMILES string of the molecule is [CH2]Cc1ccccc1-c1nnn[nH]1. The normalized spacial score (nSPS) is 10.2. The largest absolute Gasteiger partial charge is 0.239 e. The second-order valence-corrected chi connectivity index (χ2v) is 2.66. The zero-order valence-corrected chi connectivity index (χ0v) is 7.07. The van der Waals surface area contributed by atoms with Crippen LogP contribution in [-0.4, -0.2) is 20.6 Å². The molecule has 1 N–H and O–H groups in total. The Labute approximate surface area is 76.0 Å². The topological polar surface area (TPSA) is 54.5 Å². The average Bonchev–Trinajstić information content (AvgIpc) is 2.70. The summed E-state index contributed by atoms with van der Waals surface area (Å²) in [7, 11) is 0. The lowest BCUT2D eigenvalue weighted by Gasteiger charge is -2.01. The van der Waals surface area contributed by atoms with Crippen molar-refractivity contribution in [1.82, 2.24) is 20.6 Å². The van der Waals surface area contributed by atoms with Gasteiger partial charge in [-0.2, -0.15) is 0 Å². The van der Waals surface area contributed by atoms with Crippen molar-refractivity contribution < 1.29 is 0 Å². The zero-order valence-electron chi connectivity index (χ0n) is 7.07. The number of hydrogen-bond donors (Lipinski definition) is 1. The Morgan fingerprint density at radius 3 is 2.85 bits per heavy atom. The van der Waals surface area contributed by atoms with E-state index in [0.717, 1.165) is 17.5 Å². The van der Waals surface area contributed by atoms with Crippen LogP contribution in [0, 0.1) is 6.92 Å². The Bertz CT molecular complexity index is 380. The quantitative estimate of drug-likeness (QED) is 0.743. The fourth-order valence-corrected chi connectivity index (χ4v) is 1.24. The highest BCUT2D eigenvalue weighted by atomic mass is 15.5. The number of H-pyrrole nitrogens is 1. The number of nitrogens with zero attached hydrogens (tertiary/aromatic N) is 3. The van der Waals surface area contributed by atoms with Crippen molar-refractivity contribution in [3.05, 3.63) is 36.8 Å². The van der Waals surface area contributed by atoms with E-state index < -0.39 is 0 Å². The van der Waals surface area contributed by atoms with E-state index in [1.165, 1.54) is 0 Å². The molecular formula is C9H9N4. The van der Waals surface area contributed by atoms with Crippen LogP contribution in [0.4, 0.5) is 0 Å². The van der Waals surface area contributed by atoms with Crippen molar-refractivity contribution in [2.45, 2.75) is 6.42 Å². The van der Waals surface area contributed by atoms with Crippen LogP contribution in [0.15, 0.2) is 24.3 Å². The fourth-order valence-electron chi connectivity index (χ4n) is 1.24. The molecular weight excluding hydrogens is 164 g/mol. The van der Waals surface area contributed by atoms with Crippen molar-refractivity contribution in [1.29, 1.82) is 0 Å². The molecule has 0 unspecified atom stereocenters. The first-order valence-corrected chi connectivity index (χ1v) is 4.03. The van der Waals surface area contributed by atoms with Gasteiger partial charge in [-0.05, 0) is 29.3 Å². The molecule has 1 aromatic carbocycles. The van der Waals surface area contributed by atoms with Gasteiger partial charge in [0.25, 0.3) is 0 Å². The molecule has 0 amide bonds. The van der Waals surface area contributed by atoms with Gasteiger partial charge in [-0.15, -0.1) is 5.10 Å². The number of hydrogen-bond acceptors (Lipinski definition) is 3. The van der Waals surface area contributed by atoms with Gasteiger partial charge in [0.15, 0.2) is 5.82 Å². The maximum absolute atomic E-state index is 3.85. The predicted molar refractivity (Wildman–Crippen MR) is 48.7 cm³/mol. The molecule has 0 atom stereocenters. The zero-order chi connectivity index (χ0) is 9.10. The van der Waals surface area contributed by atoms with Crippen LogP contribution >= 0.6 is 0 Å². The molecule has 0 aliphatic heterocycles. The summed E-state index contributed by atoms with van der Waals surface area (Å²) in [6.07, 6.45) is 0.733. The molecule has 2 aromatic rings. The molecule has 0 spiro atoms. The molecule has 0 fully saturated rings. The molecule has 0 bridgehead atoms. The lowest BCUT2D eigenvalue weighted by molar-refractivity contribution is 0.881. The van der Waals surface area contributed by atoms with E-state index in [-0.39, 0.29) is 0 Å². The Balaban J connectivity index is 2.51. The molecule has 0 saturated heterocycles. The second-order valence-electron chi connectivity index (χ2n) is 2.66. The van der Waals surface area contributed by atoms with E-state index in [9.17, 15) is 0 Å². The van der Waals surface area contributed by atoms with Crippen LogP contribution in [0.1, 0.15) is 5.56 Å². The summed E-state index contributed by atoms with van der Waals surface area (Å²) in [6.45, 7) is 3.84. The lowest BCUT2D eigenvalue weighted by Crippen LogP contribution is -1.88. The minimum absolute atomic E-state index is 0.694. The van der Waals surface area contributed by atoms with Crippen LogP contribution in [0.3, 0.4) is 0 Å². The third-order valence-corrected chi connectivity index (χ3v) is 1.89. The highest BCUT2D eigenvalue weighted by Gasteiger charge is 2.05. The predicted octanol–water partition coefficient (Wildman–Crippen LogP) is 1.24. The number of tetrazole rings is 1. The van der Waals surface area contributed by atoms with Crippen molar-refractivity contribution >= 4 is 0 Å². The Morgan fingerprint density at radius 2 is 2.15 bits per heavy atom. The van der Waals surface area contributed by atoms with E-state index in [0.29, 0.717) is 5.82 Å². The number of benzene rings is 1. The van der Waals surface area contributed by atoms with Gasteiger partial charge in [-0.25, -0.2) is 5.10 Å². The smallest absolute Gasteiger partial charge is 0.179 e. The Hall–Kier alpha value is -1.71. The molecule has 1 radical (unpaired) electrons. The Morgan fingerprint density at radius 1 is 1.31 bits per heavy atom. The van der Waals surface area contributed by atoms with E-state index in [1.807, 2.05) is 24.3 Å². The summed E-state index contributed by atoms with van der Waals surface area (Å²) in [5, 5.41) is 13.6. The first-order valence-electron chi connectivity index (χ1n) is 4.03. The van der Waals surface area contributed by atoms with Crippen LogP contribution in [0.5, 0.6) is 0 Å². The van der Waals surface area contributed by atoms with Gasteiger partial charge in [0.2, 0.25) is 0 Å². The minimum Gasteiger partial charge on any atom is -0.239 e. The van der Waals surface area contributed by atoms with Gasteiger partial charge in [0, 0.05) is 5.56 Å². The maximum Gasteiger partial charge on any atom is 0.179 e. The monoisotopic (exact) mass is 173 g/mol. The molecule has 65 valence electrons. The molecule has 4 nitrogen and oxygen atoms in total. The van der Waals surface area contributed by atoms with Crippen LogP contribution < -0.4 is 0 Å². The Kier molecular flexibility index (Phi) is 2.04. The van der Waals surface area contributed by atoms with Gasteiger partial charge >= 0.3 is 0 Å². The number of rotatable bonds is 2. The van der Waals surface area contributed by atoms with Gasteiger partial charge in [0.1, 0.15) is 0 Å². The standard InChI is InChI=1S/C9H9N4/c1-2-7-5-3-4-6-8(7)9-10-12-13-11-9/h3-6H,1-2H2,(H,10,11,12,13). The molecule has 1 aromatic heterocycles. The highest BCUT2D eigenvalue weighted by molar-refractivity contribution is 5.59. The summed E-state index contributed by atoms with van der Waals surface area (Å²) < 4.78 is 0. The van der Waals surface area contributed by atoms with Gasteiger partial charge in [-0.3, -0.25) is 0 Å². The van der Waals surface area contributed by atoms with Crippen molar-refractivity contribution in [3.8, 4) is 11.4 Å². The van der Waals surface area contributed by atoms with E-state index in [1.54, 1.807) is 0 Å².